The minimum absolute atomic E-state index is 0.102. The van der Waals surface area contributed by atoms with E-state index in [-0.39, 0.29) is 31.1 Å². The first-order chi connectivity index (χ1) is 9.06. The first-order valence-corrected chi connectivity index (χ1v) is 5.84. The normalized spacial score (nSPS) is 11.7. The largest absolute Gasteiger partial charge is 0.487 e. The maximum Gasteiger partial charge on any atom is 0.323 e. The van der Waals surface area contributed by atoms with Crippen LogP contribution in [-0.4, -0.2) is 30.1 Å². The molecule has 0 aromatic heterocycles. The summed E-state index contributed by atoms with van der Waals surface area (Å²) in [6, 6.07) is 5.24. The number of esters is 1. The summed E-state index contributed by atoms with van der Waals surface area (Å²) in [6.45, 7) is 2.05. The number of para-hydroxylation sites is 2. The van der Waals surface area contributed by atoms with Crippen molar-refractivity contribution in [1.82, 2.24) is 0 Å². The molecular weight excluding hydrogens is 252 g/mol. The number of carbonyl (C=O) groups excluding carboxylic acids is 1. The number of nitrogens with zero attached hydrogens (tertiary/aromatic N) is 1. The van der Waals surface area contributed by atoms with Crippen LogP contribution in [0, 0.1) is 10.1 Å². The van der Waals surface area contributed by atoms with Crippen molar-refractivity contribution in [3.63, 3.8) is 0 Å². The maximum atomic E-state index is 11.2. The Morgan fingerprint density at radius 3 is 2.79 bits per heavy atom. The van der Waals surface area contributed by atoms with E-state index < -0.39 is 16.9 Å². The van der Waals surface area contributed by atoms with Crippen LogP contribution in [0.4, 0.5) is 5.69 Å². The van der Waals surface area contributed by atoms with Crippen LogP contribution in [-0.2, 0) is 9.53 Å². The summed E-state index contributed by atoms with van der Waals surface area (Å²) in [5.41, 5.74) is 5.46. The molecule has 0 heterocycles. The second-order valence-electron chi connectivity index (χ2n) is 3.72. The lowest BCUT2D eigenvalue weighted by Crippen LogP contribution is -2.33. The lowest BCUT2D eigenvalue weighted by molar-refractivity contribution is -0.385. The van der Waals surface area contributed by atoms with Crippen molar-refractivity contribution in [2.24, 2.45) is 5.73 Å². The highest BCUT2D eigenvalue weighted by Gasteiger charge is 2.17. The summed E-state index contributed by atoms with van der Waals surface area (Å²) in [4.78, 5) is 21.5. The molecule has 19 heavy (non-hydrogen) atoms. The van der Waals surface area contributed by atoms with Crippen LogP contribution in [0.15, 0.2) is 24.3 Å². The molecule has 0 aliphatic rings. The third-order valence-corrected chi connectivity index (χ3v) is 2.34. The van der Waals surface area contributed by atoms with Gasteiger partial charge in [0.25, 0.3) is 0 Å². The van der Waals surface area contributed by atoms with Gasteiger partial charge in [0.1, 0.15) is 6.04 Å². The molecule has 0 radical (unpaired) electrons. The van der Waals surface area contributed by atoms with Gasteiger partial charge in [0.2, 0.25) is 0 Å². The van der Waals surface area contributed by atoms with E-state index in [0.717, 1.165) is 0 Å². The van der Waals surface area contributed by atoms with Gasteiger partial charge >= 0.3 is 11.7 Å². The SMILES string of the molecule is CCOC(=O)C(N)CCOc1ccccc1[N+](=O)[O-]. The van der Waals surface area contributed by atoms with Gasteiger partial charge in [0, 0.05) is 12.5 Å². The van der Waals surface area contributed by atoms with Crippen LogP contribution in [0.25, 0.3) is 0 Å². The van der Waals surface area contributed by atoms with E-state index in [1.165, 1.54) is 12.1 Å². The fraction of sp³-hybridized carbons (Fsp3) is 0.417. The zero-order chi connectivity index (χ0) is 14.3. The number of nitrogens with two attached hydrogens (primary N) is 1. The van der Waals surface area contributed by atoms with E-state index in [0.29, 0.717) is 0 Å². The lowest BCUT2D eigenvalue weighted by Gasteiger charge is -2.11. The van der Waals surface area contributed by atoms with E-state index in [1.54, 1.807) is 19.1 Å². The molecule has 1 unspecified atom stereocenters. The molecule has 1 atom stereocenters. The van der Waals surface area contributed by atoms with Crippen molar-refractivity contribution < 1.29 is 19.2 Å². The van der Waals surface area contributed by atoms with Crippen LogP contribution in [0.5, 0.6) is 5.75 Å². The van der Waals surface area contributed by atoms with Crippen molar-refractivity contribution in [2.75, 3.05) is 13.2 Å². The predicted molar refractivity (Wildman–Crippen MR) is 67.8 cm³/mol. The van der Waals surface area contributed by atoms with Crippen LogP contribution in [0.3, 0.4) is 0 Å². The predicted octanol–water partition coefficient (Wildman–Crippen LogP) is 1.25. The minimum atomic E-state index is -0.789. The highest BCUT2D eigenvalue weighted by atomic mass is 16.6. The van der Waals surface area contributed by atoms with Crippen molar-refractivity contribution in [2.45, 2.75) is 19.4 Å². The summed E-state index contributed by atoms with van der Waals surface area (Å²) < 4.78 is 10.0. The van der Waals surface area contributed by atoms with Crippen molar-refractivity contribution in [1.29, 1.82) is 0 Å². The summed E-state index contributed by atoms with van der Waals surface area (Å²) in [5, 5.41) is 10.7. The van der Waals surface area contributed by atoms with E-state index in [9.17, 15) is 14.9 Å². The number of rotatable bonds is 7. The molecule has 0 bridgehead atoms. The Morgan fingerprint density at radius 2 is 2.16 bits per heavy atom. The fourth-order valence-corrected chi connectivity index (χ4v) is 1.39. The second-order valence-corrected chi connectivity index (χ2v) is 3.72. The van der Waals surface area contributed by atoms with Gasteiger partial charge in [0.15, 0.2) is 5.75 Å². The number of hydrogen-bond acceptors (Lipinski definition) is 6. The van der Waals surface area contributed by atoms with Gasteiger partial charge in [-0.25, -0.2) is 0 Å². The van der Waals surface area contributed by atoms with Crippen molar-refractivity contribution >= 4 is 11.7 Å². The van der Waals surface area contributed by atoms with Gasteiger partial charge in [-0.15, -0.1) is 0 Å². The van der Waals surface area contributed by atoms with E-state index in [4.69, 9.17) is 15.2 Å². The minimum Gasteiger partial charge on any atom is -0.487 e. The van der Waals surface area contributed by atoms with E-state index in [1.807, 2.05) is 0 Å². The highest BCUT2D eigenvalue weighted by Crippen LogP contribution is 2.25. The summed E-state index contributed by atoms with van der Waals surface area (Å²) in [7, 11) is 0. The third-order valence-electron chi connectivity index (χ3n) is 2.34. The molecule has 0 spiro atoms. The standard InChI is InChI=1S/C12H16N2O5/c1-2-18-12(15)9(13)7-8-19-11-6-4-3-5-10(11)14(16)17/h3-6,9H,2,7-8,13H2,1H3. The van der Waals surface area contributed by atoms with Crippen molar-refractivity contribution in [3.05, 3.63) is 34.4 Å². The molecule has 2 N–H and O–H groups in total. The smallest absolute Gasteiger partial charge is 0.323 e. The van der Waals surface area contributed by atoms with Crippen LogP contribution in [0.1, 0.15) is 13.3 Å². The Hall–Kier alpha value is -2.15. The molecule has 1 aromatic carbocycles. The van der Waals surface area contributed by atoms with Gasteiger partial charge in [-0.2, -0.15) is 0 Å². The Labute approximate surface area is 110 Å². The van der Waals surface area contributed by atoms with E-state index >= 15 is 0 Å². The van der Waals surface area contributed by atoms with Gasteiger partial charge in [-0.1, -0.05) is 12.1 Å². The van der Waals surface area contributed by atoms with E-state index in [2.05, 4.69) is 0 Å². The molecule has 7 heteroatoms. The first-order valence-electron chi connectivity index (χ1n) is 5.84. The number of nitro groups is 1. The van der Waals surface area contributed by atoms with Gasteiger partial charge in [0.05, 0.1) is 18.1 Å². The molecule has 104 valence electrons. The number of ether oxygens (including phenoxy) is 2. The van der Waals surface area contributed by atoms with Gasteiger partial charge in [-0.3, -0.25) is 14.9 Å². The second kappa shape index (κ2) is 7.32. The Kier molecular flexibility index (Phi) is 5.74. The maximum absolute atomic E-state index is 11.2. The van der Waals surface area contributed by atoms with Crippen LogP contribution >= 0.6 is 0 Å². The zero-order valence-corrected chi connectivity index (χ0v) is 10.6. The van der Waals surface area contributed by atoms with Crippen molar-refractivity contribution in [3.8, 4) is 5.75 Å². The fourth-order valence-electron chi connectivity index (χ4n) is 1.39. The molecule has 0 saturated carbocycles. The first kappa shape index (κ1) is 14.9. The average Bonchev–Trinajstić information content (AvgIpc) is 2.39. The number of carbonyl (C=O) groups is 1. The topological polar surface area (TPSA) is 105 Å². The summed E-state index contributed by atoms with van der Waals surface area (Å²) >= 11 is 0. The Bertz CT molecular complexity index is 450. The molecular formula is C12H16N2O5. The number of hydrogen-bond donors (Lipinski definition) is 1. The highest BCUT2D eigenvalue weighted by molar-refractivity contribution is 5.75. The van der Waals surface area contributed by atoms with Crippen LogP contribution < -0.4 is 10.5 Å². The number of nitro benzene ring substituents is 1. The van der Waals surface area contributed by atoms with Gasteiger partial charge in [-0.05, 0) is 13.0 Å². The molecule has 0 aliphatic heterocycles. The van der Waals surface area contributed by atoms with Crippen LogP contribution in [0.2, 0.25) is 0 Å². The van der Waals surface area contributed by atoms with Gasteiger partial charge < -0.3 is 15.2 Å². The Morgan fingerprint density at radius 1 is 1.47 bits per heavy atom. The zero-order valence-electron chi connectivity index (χ0n) is 10.6. The molecule has 0 amide bonds. The Balaban J connectivity index is 2.49. The molecule has 0 saturated heterocycles. The number of benzene rings is 1. The summed E-state index contributed by atoms with van der Waals surface area (Å²) in [5.74, 6) is -0.350. The monoisotopic (exact) mass is 268 g/mol. The summed E-state index contributed by atoms with van der Waals surface area (Å²) in [6.07, 6.45) is 0.227. The molecule has 1 rings (SSSR count). The lowest BCUT2D eigenvalue weighted by atomic mass is 10.2. The average molecular weight is 268 g/mol. The molecule has 0 aliphatic carbocycles. The molecule has 0 fully saturated rings. The third kappa shape index (κ3) is 4.55. The quantitative estimate of drug-likeness (QED) is 0.453. The molecule has 1 aromatic rings. The molecule has 7 nitrogen and oxygen atoms in total.